The van der Waals surface area contributed by atoms with Gasteiger partial charge in [0.15, 0.2) is 5.69 Å². The van der Waals surface area contributed by atoms with Gasteiger partial charge in [0.05, 0.1) is 5.56 Å². The van der Waals surface area contributed by atoms with Crippen LogP contribution in [0.1, 0.15) is 39.9 Å². The lowest BCUT2D eigenvalue weighted by atomic mass is 10.1. The molecule has 2 aromatic rings. The molecule has 1 aromatic heterocycles. The Labute approximate surface area is 124 Å². The van der Waals surface area contributed by atoms with E-state index in [0.29, 0.717) is 23.6 Å². The van der Waals surface area contributed by atoms with E-state index in [4.69, 9.17) is 9.26 Å². The summed E-state index contributed by atoms with van der Waals surface area (Å²) in [5, 5.41) is 6.54. The van der Waals surface area contributed by atoms with Crippen LogP contribution in [0.4, 0.5) is 0 Å². The Hall–Kier alpha value is -2.30. The second-order valence-electron chi connectivity index (χ2n) is 4.98. The summed E-state index contributed by atoms with van der Waals surface area (Å²) in [5.41, 5.74) is 3.15. The highest BCUT2D eigenvalue weighted by atomic mass is 16.5. The molecule has 5 nitrogen and oxygen atoms in total. The molecule has 0 fully saturated rings. The van der Waals surface area contributed by atoms with Crippen molar-refractivity contribution in [1.82, 2.24) is 10.5 Å². The van der Waals surface area contributed by atoms with Crippen LogP contribution in [0.5, 0.6) is 5.75 Å². The topological polar surface area (TPSA) is 64.4 Å². The fraction of sp³-hybridized carbons (Fsp3) is 0.375. The zero-order valence-electron chi connectivity index (χ0n) is 12.8. The van der Waals surface area contributed by atoms with E-state index in [2.05, 4.69) is 10.5 Å². The van der Waals surface area contributed by atoms with Gasteiger partial charge < -0.3 is 14.6 Å². The predicted molar refractivity (Wildman–Crippen MR) is 79.5 cm³/mol. The highest BCUT2D eigenvalue weighted by Crippen LogP contribution is 2.22. The van der Waals surface area contributed by atoms with Crippen LogP contribution < -0.4 is 10.1 Å². The zero-order chi connectivity index (χ0) is 15.4. The second kappa shape index (κ2) is 6.43. The summed E-state index contributed by atoms with van der Waals surface area (Å²) in [7, 11) is 0. The molecule has 21 heavy (non-hydrogen) atoms. The van der Waals surface area contributed by atoms with Gasteiger partial charge in [0.2, 0.25) is 0 Å². The molecule has 0 aliphatic carbocycles. The Morgan fingerprint density at radius 3 is 2.81 bits per heavy atom. The van der Waals surface area contributed by atoms with Crippen LogP contribution >= 0.6 is 0 Å². The van der Waals surface area contributed by atoms with E-state index in [1.807, 2.05) is 39.0 Å². The van der Waals surface area contributed by atoms with Crippen LogP contribution in [-0.2, 0) is 6.61 Å². The fourth-order valence-electron chi connectivity index (χ4n) is 2.00. The van der Waals surface area contributed by atoms with Gasteiger partial charge in [0.1, 0.15) is 18.1 Å². The molecule has 2 rings (SSSR count). The summed E-state index contributed by atoms with van der Waals surface area (Å²) in [6, 6.07) is 6.02. The highest BCUT2D eigenvalue weighted by molar-refractivity contribution is 5.93. The molecule has 1 aromatic carbocycles. The molecule has 0 spiro atoms. The molecule has 0 radical (unpaired) electrons. The van der Waals surface area contributed by atoms with Crippen LogP contribution in [0.3, 0.4) is 0 Å². The normalized spacial score (nSPS) is 10.5. The maximum absolute atomic E-state index is 11.9. The number of benzene rings is 1. The smallest absolute Gasteiger partial charge is 0.273 e. The zero-order valence-corrected chi connectivity index (χ0v) is 12.8. The van der Waals surface area contributed by atoms with Crippen molar-refractivity contribution in [3.8, 4) is 5.75 Å². The third kappa shape index (κ3) is 3.42. The van der Waals surface area contributed by atoms with E-state index < -0.39 is 0 Å². The maximum atomic E-state index is 11.9. The van der Waals surface area contributed by atoms with Crippen molar-refractivity contribution in [2.45, 2.75) is 34.3 Å². The lowest BCUT2D eigenvalue weighted by Gasteiger charge is -2.10. The number of nitrogens with zero attached hydrogens (tertiary/aromatic N) is 1. The van der Waals surface area contributed by atoms with E-state index in [-0.39, 0.29) is 12.5 Å². The number of ether oxygens (including phenoxy) is 1. The van der Waals surface area contributed by atoms with Crippen molar-refractivity contribution < 1.29 is 14.1 Å². The average Bonchev–Trinajstić information content (AvgIpc) is 2.81. The standard InChI is InChI=1S/C16H20N2O3/c1-5-17-16(19)15-13(12(4)21-18-15)9-20-14-8-10(2)6-7-11(14)3/h6-8H,5,9H2,1-4H3,(H,17,19). The van der Waals surface area contributed by atoms with Crippen molar-refractivity contribution in [2.75, 3.05) is 6.54 Å². The SMILES string of the molecule is CCNC(=O)c1noc(C)c1COc1cc(C)ccc1C. The van der Waals surface area contributed by atoms with Crippen molar-refractivity contribution in [3.63, 3.8) is 0 Å². The summed E-state index contributed by atoms with van der Waals surface area (Å²) in [6.07, 6.45) is 0. The van der Waals surface area contributed by atoms with E-state index in [9.17, 15) is 4.79 Å². The lowest BCUT2D eigenvalue weighted by Crippen LogP contribution is -2.24. The summed E-state index contributed by atoms with van der Waals surface area (Å²) in [4.78, 5) is 11.9. The highest BCUT2D eigenvalue weighted by Gasteiger charge is 2.19. The summed E-state index contributed by atoms with van der Waals surface area (Å²) < 4.78 is 10.9. The first kappa shape index (κ1) is 15.1. The molecule has 0 saturated heterocycles. The monoisotopic (exact) mass is 288 g/mol. The first-order valence-electron chi connectivity index (χ1n) is 6.96. The van der Waals surface area contributed by atoms with Gasteiger partial charge in [-0.1, -0.05) is 17.3 Å². The molecule has 1 N–H and O–H groups in total. The molecule has 0 aliphatic rings. The quantitative estimate of drug-likeness (QED) is 0.918. The Morgan fingerprint density at radius 2 is 2.10 bits per heavy atom. The van der Waals surface area contributed by atoms with E-state index >= 15 is 0 Å². The third-order valence-electron chi connectivity index (χ3n) is 3.25. The van der Waals surface area contributed by atoms with Gasteiger partial charge in [0.25, 0.3) is 5.91 Å². The predicted octanol–water partition coefficient (Wildman–Crippen LogP) is 2.93. The summed E-state index contributed by atoms with van der Waals surface area (Å²) >= 11 is 0. The van der Waals surface area contributed by atoms with Gasteiger partial charge in [-0.15, -0.1) is 0 Å². The van der Waals surface area contributed by atoms with Gasteiger partial charge in [-0.2, -0.15) is 0 Å². The Bertz CT molecular complexity index is 647. The van der Waals surface area contributed by atoms with Gasteiger partial charge in [-0.3, -0.25) is 4.79 Å². The maximum Gasteiger partial charge on any atom is 0.273 e. The van der Waals surface area contributed by atoms with E-state index in [1.165, 1.54) is 0 Å². The molecule has 1 heterocycles. The number of hydrogen-bond acceptors (Lipinski definition) is 4. The van der Waals surface area contributed by atoms with Crippen LogP contribution in [-0.4, -0.2) is 17.6 Å². The molecule has 112 valence electrons. The van der Waals surface area contributed by atoms with Gasteiger partial charge in [0, 0.05) is 6.54 Å². The number of rotatable bonds is 5. The van der Waals surface area contributed by atoms with Gasteiger partial charge >= 0.3 is 0 Å². The summed E-state index contributed by atoms with van der Waals surface area (Å²) in [6.45, 7) is 8.43. The molecule has 1 amide bonds. The van der Waals surface area contributed by atoms with Crippen molar-refractivity contribution in [1.29, 1.82) is 0 Å². The molecule has 0 bridgehead atoms. The molecule has 5 heteroatoms. The fourth-order valence-corrected chi connectivity index (χ4v) is 2.00. The molecule has 0 aliphatic heterocycles. The minimum Gasteiger partial charge on any atom is -0.488 e. The number of nitrogens with one attached hydrogen (secondary N) is 1. The van der Waals surface area contributed by atoms with Gasteiger partial charge in [-0.05, 0) is 44.9 Å². The van der Waals surface area contributed by atoms with Crippen molar-refractivity contribution >= 4 is 5.91 Å². The minimum absolute atomic E-state index is 0.242. The Morgan fingerprint density at radius 1 is 1.33 bits per heavy atom. The molecule has 0 unspecified atom stereocenters. The van der Waals surface area contributed by atoms with Crippen LogP contribution in [0, 0.1) is 20.8 Å². The summed E-state index contributed by atoms with van der Waals surface area (Å²) in [5.74, 6) is 1.16. The number of hydrogen-bond donors (Lipinski definition) is 1. The van der Waals surface area contributed by atoms with Crippen LogP contribution in [0.25, 0.3) is 0 Å². The molecular formula is C16H20N2O3. The molecule has 0 saturated carbocycles. The minimum atomic E-state index is -0.242. The van der Waals surface area contributed by atoms with Crippen LogP contribution in [0.15, 0.2) is 22.7 Å². The number of carbonyl (C=O) groups is 1. The number of amides is 1. The third-order valence-corrected chi connectivity index (χ3v) is 3.25. The van der Waals surface area contributed by atoms with E-state index in [1.54, 1.807) is 6.92 Å². The number of aryl methyl sites for hydroxylation is 3. The van der Waals surface area contributed by atoms with Crippen LogP contribution in [0.2, 0.25) is 0 Å². The van der Waals surface area contributed by atoms with E-state index in [0.717, 1.165) is 16.9 Å². The first-order valence-corrected chi connectivity index (χ1v) is 6.96. The Kier molecular flexibility index (Phi) is 4.62. The lowest BCUT2D eigenvalue weighted by molar-refractivity contribution is 0.0944. The number of aromatic nitrogens is 1. The largest absolute Gasteiger partial charge is 0.488 e. The Balaban J connectivity index is 2.18. The van der Waals surface area contributed by atoms with Crippen molar-refractivity contribution in [3.05, 3.63) is 46.3 Å². The van der Waals surface area contributed by atoms with Crippen molar-refractivity contribution in [2.24, 2.45) is 0 Å². The second-order valence-corrected chi connectivity index (χ2v) is 4.98. The average molecular weight is 288 g/mol. The number of carbonyl (C=O) groups excluding carboxylic acids is 1. The van der Waals surface area contributed by atoms with Gasteiger partial charge in [-0.25, -0.2) is 0 Å². The first-order chi connectivity index (χ1) is 10.0. The molecular weight excluding hydrogens is 268 g/mol. The molecule has 0 atom stereocenters.